The molecule has 144 valence electrons. The zero-order chi connectivity index (χ0) is 19.5. The van der Waals surface area contributed by atoms with Gasteiger partial charge in [0.05, 0.1) is 25.0 Å². The number of para-hydroxylation sites is 1. The number of carbonyl (C=O) groups is 1. The molecule has 6 nitrogen and oxygen atoms in total. The SMILES string of the molecule is COc1ccccc1-c1ccc(CNC2CCN(c3cnn(C)c3)C2=O)cc1. The first kappa shape index (κ1) is 18.3. The summed E-state index contributed by atoms with van der Waals surface area (Å²) in [5.74, 6) is 0.971. The second-order valence-corrected chi connectivity index (χ2v) is 6.98. The molecule has 3 aromatic rings. The summed E-state index contributed by atoms with van der Waals surface area (Å²) in [6.45, 7) is 1.37. The third kappa shape index (κ3) is 3.64. The first-order chi connectivity index (χ1) is 13.7. The first-order valence-corrected chi connectivity index (χ1v) is 9.41. The Morgan fingerprint density at radius 3 is 2.68 bits per heavy atom. The van der Waals surface area contributed by atoms with Crippen molar-refractivity contribution >= 4 is 11.6 Å². The molecule has 1 aromatic heterocycles. The van der Waals surface area contributed by atoms with Crippen LogP contribution < -0.4 is 15.0 Å². The van der Waals surface area contributed by atoms with Gasteiger partial charge in [0.2, 0.25) is 5.91 Å². The highest BCUT2D eigenvalue weighted by atomic mass is 16.5. The lowest BCUT2D eigenvalue weighted by atomic mass is 10.0. The van der Waals surface area contributed by atoms with Gasteiger partial charge in [0.1, 0.15) is 5.75 Å². The standard InChI is InChI=1S/C22H24N4O2/c1-25-15-18(14-24-25)26-12-11-20(22(26)27)23-13-16-7-9-17(10-8-16)19-5-3-4-6-21(19)28-2/h3-10,14-15,20,23H,11-13H2,1-2H3. The van der Waals surface area contributed by atoms with Gasteiger partial charge < -0.3 is 15.0 Å². The zero-order valence-corrected chi connectivity index (χ0v) is 16.1. The van der Waals surface area contributed by atoms with Crippen LogP contribution in [-0.4, -0.2) is 35.4 Å². The van der Waals surface area contributed by atoms with Gasteiger partial charge in [0, 0.05) is 31.9 Å². The quantitative estimate of drug-likeness (QED) is 0.719. The summed E-state index contributed by atoms with van der Waals surface area (Å²) in [5, 5.41) is 7.55. The average molecular weight is 376 g/mol. The number of ether oxygens (including phenoxy) is 1. The van der Waals surface area contributed by atoms with E-state index in [1.54, 1.807) is 22.9 Å². The van der Waals surface area contributed by atoms with Crippen LogP contribution in [0.1, 0.15) is 12.0 Å². The van der Waals surface area contributed by atoms with Crippen LogP contribution in [-0.2, 0) is 18.4 Å². The molecule has 0 bridgehead atoms. The molecule has 28 heavy (non-hydrogen) atoms. The van der Waals surface area contributed by atoms with E-state index in [0.29, 0.717) is 6.54 Å². The van der Waals surface area contributed by atoms with Crippen LogP contribution in [0.3, 0.4) is 0 Å². The van der Waals surface area contributed by atoms with Crippen LogP contribution in [0.25, 0.3) is 11.1 Å². The summed E-state index contributed by atoms with van der Waals surface area (Å²) < 4.78 is 7.16. The topological polar surface area (TPSA) is 59.4 Å². The second kappa shape index (κ2) is 7.86. The van der Waals surface area contributed by atoms with Crippen molar-refractivity contribution in [2.24, 2.45) is 7.05 Å². The predicted molar refractivity (Wildman–Crippen MR) is 109 cm³/mol. The van der Waals surface area contributed by atoms with Crippen molar-refractivity contribution in [3.63, 3.8) is 0 Å². The number of aryl methyl sites for hydroxylation is 1. The molecule has 4 rings (SSSR count). The molecule has 6 heteroatoms. The summed E-state index contributed by atoms with van der Waals surface area (Å²) in [6.07, 6.45) is 4.40. The van der Waals surface area contributed by atoms with Crippen molar-refractivity contribution in [2.45, 2.75) is 19.0 Å². The van der Waals surface area contributed by atoms with Gasteiger partial charge in [0.15, 0.2) is 0 Å². The van der Waals surface area contributed by atoms with Gasteiger partial charge in [-0.1, -0.05) is 42.5 Å². The number of aromatic nitrogens is 2. The number of hydrogen-bond acceptors (Lipinski definition) is 4. The molecule has 1 fully saturated rings. The van der Waals surface area contributed by atoms with Crippen molar-refractivity contribution in [1.82, 2.24) is 15.1 Å². The van der Waals surface area contributed by atoms with Crippen LogP contribution in [0.15, 0.2) is 60.9 Å². The molecule has 0 radical (unpaired) electrons. The fourth-order valence-corrected chi connectivity index (χ4v) is 3.60. The number of nitrogens with zero attached hydrogens (tertiary/aromatic N) is 3. The third-order valence-electron chi connectivity index (χ3n) is 5.13. The number of carbonyl (C=O) groups excluding carboxylic acids is 1. The molecule has 1 aliphatic heterocycles. The van der Waals surface area contributed by atoms with Crippen molar-refractivity contribution in [1.29, 1.82) is 0 Å². The maximum absolute atomic E-state index is 12.7. The first-order valence-electron chi connectivity index (χ1n) is 9.41. The lowest BCUT2D eigenvalue weighted by Crippen LogP contribution is -2.37. The molecule has 1 aliphatic rings. The monoisotopic (exact) mass is 376 g/mol. The number of benzene rings is 2. The molecule has 1 N–H and O–H groups in total. The van der Waals surface area contributed by atoms with E-state index < -0.39 is 0 Å². The van der Waals surface area contributed by atoms with E-state index in [2.05, 4.69) is 40.7 Å². The molecule has 1 unspecified atom stereocenters. The number of amides is 1. The van der Waals surface area contributed by atoms with E-state index in [1.807, 2.05) is 31.4 Å². The van der Waals surface area contributed by atoms with Gasteiger partial charge >= 0.3 is 0 Å². The number of hydrogen-bond donors (Lipinski definition) is 1. The van der Waals surface area contributed by atoms with Gasteiger partial charge in [-0.15, -0.1) is 0 Å². The zero-order valence-electron chi connectivity index (χ0n) is 16.1. The van der Waals surface area contributed by atoms with E-state index in [-0.39, 0.29) is 11.9 Å². The van der Waals surface area contributed by atoms with Crippen molar-refractivity contribution < 1.29 is 9.53 Å². The molecular formula is C22H24N4O2. The van der Waals surface area contributed by atoms with Crippen LogP contribution in [0.4, 0.5) is 5.69 Å². The van der Waals surface area contributed by atoms with E-state index in [9.17, 15) is 4.79 Å². The fourth-order valence-electron chi connectivity index (χ4n) is 3.60. The largest absolute Gasteiger partial charge is 0.496 e. The van der Waals surface area contributed by atoms with E-state index in [4.69, 9.17) is 4.74 Å². The molecule has 0 spiro atoms. The molecule has 1 atom stereocenters. The third-order valence-corrected chi connectivity index (χ3v) is 5.13. The Labute approximate surface area is 164 Å². The van der Waals surface area contributed by atoms with E-state index in [0.717, 1.165) is 41.1 Å². The second-order valence-electron chi connectivity index (χ2n) is 6.98. The number of rotatable bonds is 6. The van der Waals surface area contributed by atoms with Crippen molar-refractivity contribution in [3.8, 4) is 16.9 Å². The van der Waals surface area contributed by atoms with Crippen molar-refractivity contribution in [3.05, 3.63) is 66.5 Å². The van der Waals surface area contributed by atoms with E-state index in [1.165, 1.54) is 0 Å². The molecule has 2 aromatic carbocycles. The summed E-state index contributed by atoms with van der Waals surface area (Å²) in [5.41, 5.74) is 4.19. The molecule has 0 saturated carbocycles. The Kier molecular flexibility index (Phi) is 5.12. The van der Waals surface area contributed by atoms with Crippen LogP contribution in [0, 0.1) is 0 Å². The highest BCUT2D eigenvalue weighted by Crippen LogP contribution is 2.29. The van der Waals surface area contributed by atoms with Crippen LogP contribution in [0.2, 0.25) is 0 Å². The van der Waals surface area contributed by atoms with Gasteiger partial charge in [-0.25, -0.2) is 0 Å². The minimum absolute atomic E-state index is 0.110. The Balaban J connectivity index is 1.38. The highest BCUT2D eigenvalue weighted by Gasteiger charge is 2.32. The molecule has 2 heterocycles. The normalized spacial score (nSPS) is 16.6. The van der Waals surface area contributed by atoms with Gasteiger partial charge in [0.25, 0.3) is 0 Å². The predicted octanol–water partition coefficient (Wildman–Crippen LogP) is 2.99. The van der Waals surface area contributed by atoms with Gasteiger partial charge in [-0.2, -0.15) is 5.10 Å². The van der Waals surface area contributed by atoms with E-state index >= 15 is 0 Å². The molecule has 1 amide bonds. The number of methoxy groups -OCH3 is 1. The number of nitrogens with one attached hydrogen (secondary N) is 1. The Hall–Kier alpha value is -3.12. The van der Waals surface area contributed by atoms with Crippen LogP contribution in [0.5, 0.6) is 5.75 Å². The summed E-state index contributed by atoms with van der Waals surface area (Å²) >= 11 is 0. The molecular weight excluding hydrogens is 352 g/mol. The highest BCUT2D eigenvalue weighted by molar-refractivity contribution is 5.99. The Bertz CT molecular complexity index is 965. The molecule has 0 aliphatic carbocycles. The van der Waals surface area contributed by atoms with Gasteiger partial charge in [-0.05, 0) is 23.6 Å². The number of anilines is 1. The van der Waals surface area contributed by atoms with Crippen LogP contribution >= 0.6 is 0 Å². The van der Waals surface area contributed by atoms with Crippen molar-refractivity contribution in [2.75, 3.05) is 18.6 Å². The lowest BCUT2D eigenvalue weighted by molar-refractivity contribution is -0.118. The lowest BCUT2D eigenvalue weighted by Gasteiger charge is -2.15. The fraction of sp³-hybridized carbons (Fsp3) is 0.273. The summed E-state index contributed by atoms with van der Waals surface area (Å²) in [6, 6.07) is 16.2. The minimum Gasteiger partial charge on any atom is -0.496 e. The Morgan fingerprint density at radius 1 is 1.18 bits per heavy atom. The van der Waals surface area contributed by atoms with Gasteiger partial charge in [-0.3, -0.25) is 9.48 Å². The maximum Gasteiger partial charge on any atom is 0.244 e. The average Bonchev–Trinajstić information content (AvgIpc) is 3.32. The molecule has 1 saturated heterocycles. The summed E-state index contributed by atoms with van der Waals surface area (Å²) in [4.78, 5) is 14.5. The smallest absolute Gasteiger partial charge is 0.244 e. The minimum atomic E-state index is -0.158. The summed E-state index contributed by atoms with van der Waals surface area (Å²) in [7, 11) is 3.54. The Morgan fingerprint density at radius 2 is 1.96 bits per heavy atom. The maximum atomic E-state index is 12.7.